The van der Waals surface area contributed by atoms with Gasteiger partial charge in [-0.05, 0) is 40.4 Å². The highest BCUT2D eigenvalue weighted by Crippen LogP contribution is 2.65. The van der Waals surface area contributed by atoms with Gasteiger partial charge in [-0.3, -0.25) is 28.9 Å². The maximum Gasteiger partial charge on any atom is 0.324 e. The topological polar surface area (TPSA) is 191 Å². The summed E-state index contributed by atoms with van der Waals surface area (Å²) in [6.07, 6.45) is 2.13. The van der Waals surface area contributed by atoms with Crippen molar-refractivity contribution in [2.24, 2.45) is 39.7 Å². The van der Waals surface area contributed by atoms with Crippen LogP contribution in [-0.2, 0) is 24.0 Å². The quantitative estimate of drug-likeness (QED) is 0.189. The molecular weight excluding hydrogens is 594 g/mol. The molecule has 0 aromatic rings. The predicted octanol–water partition coefficient (Wildman–Crippen LogP) is 0.831. The summed E-state index contributed by atoms with van der Waals surface area (Å²) in [5.41, 5.74) is 3.77. The molecule has 0 aromatic carbocycles. The number of primary amides is 1. The molecule has 14 heteroatoms. The van der Waals surface area contributed by atoms with Crippen molar-refractivity contribution in [1.82, 2.24) is 30.7 Å². The summed E-state index contributed by atoms with van der Waals surface area (Å²) in [6, 6.07) is -4.65. The highest BCUT2D eigenvalue weighted by atomic mass is 16.2. The lowest BCUT2D eigenvalue weighted by molar-refractivity contribution is -0.145. The minimum Gasteiger partial charge on any atom is -0.363 e. The molecule has 4 fully saturated rings. The fourth-order valence-electron chi connectivity index (χ4n) is 7.13. The van der Waals surface area contributed by atoms with Gasteiger partial charge in [-0.15, -0.1) is 0 Å². The summed E-state index contributed by atoms with van der Waals surface area (Å²) in [7, 11) is 1.56. The number of likely N-dealkylation sites (N-methyl/N-ethyl adjacent to an activating group) is 1. The van der Waals surface area contributed by atoms with Crippen molar-refractivity contribution in [3.05, 3.63) is 0 Å². The van der Waals surface area contributed by atoms with Crippen LogP contribution in [0.5, 0.6) is 0 Å². The number of nitrogens with two attached hydrogens (primary N) is 1. The van der Waals surface area contributed by atoms with Crippen LogP contribution in [0.4, 0.5) is 9.59 Å². The zero-order valence-corrected chi connectivity index (χ0v) is 28.6. The van der Waals surface area contributed by atoms with Gasteiger partial charge in [0.2, 0.25) is 23.5 Å². The van der Waals surface area contributed by atoms with Crippen LogP contribution < -0.4 is 21.7 Å². The van der Waals surface area contributed by atoms with E-state index >= 15 is 0 Å². The van der Waals surface area contributed by atoms with Gasteiger partial charge in [0, 0.05) is 13.6 Å². The average Bonchev–Trinajstić information content (AvgIpc) is 3.73. The number of hydrogen-bond acceptors (Lipinski definition) is 7. The predicted molar refractivity (Wildman–Crippen MR) is 168 cm³/mol. The smallest absolute Gasteiger partial charge is 0.324 e. The molecule has 2 saturated heterocycles. The number of likely N-dealkylation sites (tertiary alicyclic amines) is 1. The first-order chi connectivity index (χ1) is 21.1. The normalized spacial score (nSPS) is 25.6. The van der Waals surface area contributed by atoms with Crippen LogP contribution in [0.1, 0.15) is 74.7 Å². The van der Waals surface area contributed by atoms with E-state index in [1.54, 1.807) is 7.05 Å². The highest BCUT2D eigenvalue weighted by Gasteiger charge is 2.70. The number of nitrogens with one attached hydrogen (secondary N) is 3. The van der Waals surface area contributed by atoms with Gasteiger partial charge in [-0.2, -0.15) is 0 Å². The fraction of sp³-hybridized carbons (Fsp3) is 0.781. The van der Waals surface area contributed by atoms with Gasteiger partial charge in [0.25, 0.3) is 5.91 Å². The Labute approximate surface area is 270 Å². The first-order valence-corrected chi connectivity index (χ1v) is 16.1. The van der Waals surface area contributed by atoms with Crippen molar-refractivity contribution >= 4 is 41.5 Å². The van der Waals surface area contributed by atoms with E-state index in [0.29, 0.717) is 13.0 Å². The van der Waals surface area contributed by atoms with Gasteiger partial charge in [0.05, 0.1) is 25.2 Å². The van der Waals surface area contributed by atoms with Gasteiger partial charge in [0.15, 0.2) is 0 Å². The second kappa shape index (κ2) is 12.1. The molecule has 4 aliphatic rings. The molecule has 2 heterocycles. The molecule has 46 heavy (non-hydrogen) atoms. The maximum absolute atomic E-state index is 14.4. The molecule has 14 nitrogen and oxygen atoms in total. The van der Waals surface area contributed by atoms with Crippen molar-refractivity contribution < 1.29 is 33.6 Å². The number of rotatable bonds is 11. The van der Waals surface area contributed by atoms with Gasteiger partial charge >= 0.3 is 12.1 Å². The molecule has 0 spiro atoms. The molecule has 256 valence electrons. The number of nitrogens with zero attached hydrogens (tertiary/aromatic N) is 3. The lowest BCUT2D eigenvalue weighted by Gasteiger charge is -2.42. The van der Waals surface area contributed by atoms with Crippen LogP contribution in [0.25, 0.3) is 0 Å². The summed E-state index contributed by atoms with van der Waals surface area (Å²) < 4.78 is 0. The van der Waals surface area contributed by atoms with Crippen LogP contribution in [0, 0.1) is 34.0 Å². The molecular formula is C32H51N7O7. The zero-order valence-electron chi connectivity index (χ0n) is 28.6. The fourth-order valence-corrected chi connectivity index (χ4v) is 7.13. The van der Waals surface area contributed by atoms with E-state index in [4.69, 9.17) is 5.73 Å². The minimum absolute atomic E-state index is 0.0227. The van der Waals surface area contributed by atoms with Crippen LogP contribution in [0.3, 0.4) is 0 Å². The van der Waals surface area contributed by atoms with E-state index in [1.165, 1.54) is 9.80 Å². The molecule has 0 radical (unpaired) electrons. The van der Waals surface area contributed by atoms with E-state index in [2.05, 4.69) is 16.0 Å². The summed E-state index contributed by atoms with van der Waals surface area (Å²) in [5.74, 6) is -3.17. The van der Waals surface area contributed by atoms with Crippen LogP contribution in [-0.4, -0.2) is 107 Å². The second-order valence-corrected chi connectivity index (χ2v) is 16.3. The Morgan fingerprint density at radius 1 is 1.02 bits per heavy atom. The number of carbonyl (C=O) groups is 7. The summed E-state index contributed by atoms with van der Waals surface area (Å²) in [6.45, 7) is 15.4. The number of urea groups is 2. The maximum atomic E-state index is 14.4. The number of carbonyl (C=O) groups excluding carboxylic acids is 7. The minimum atomic E-state index is -1.11. The molecule has 2 aliphatic carbocycles. The number of fused-ring (bicyclic) bond motifs is 1. The molecule has 0 aromatic heterocycles. The zero-order chi connectivity index (χ0) is 34.7. The largest absolute Gasteiger partial charge is 0.363 e. The number of hydrogen-bond donors (Lipinski definition) is 4. The molecule has 8 amide bonds. The number of amides is 8. The second-order valence-electron chi connectivity index (χ2n) is 16.3. The lowest BCUT2D eigenvalue weighted by Crippen LogP contribution is -2.63. The van der Waals surface area contributed by atoms with E-state index < -0.39 is 70.6 Å². The third-order valence-electron chi connectivity index (χ3n) is 10.4. The number of Topliss-reactive ketones (excluding diaryl/α,β-unsaturated/α-hetero) is 1. The Hall–Kier alpha value is -3.71. The molecule has 6 atom stereocenters. The summed E-state index contributed by atoms with van der Waals surface area (Å²) in [4.78, 5) is 95.1. The summed E-state index contributed by atoms with van der Waals surface area (Å²) >= 11 is 0. The molecule has 4 rings (SSSR count). The van der Waals surface area contributed by atoms with E-state index in [0.717, 1.165) is 17.7 Å². The van der Waals surface area contributed by atoms with Crippen LogP contribution in [0.2, 0.25) is 0 Å². The van der Waals surface area contributed by atoms with E-state index in [-0.39, 0.29) is 42.2 Å². The van der Waals surface area contributed by atoms with E-state index in [9.17, 15) is 33.6 Å². The monoisotopic (exact) mass is 645 g/mol. The van der Waals surface area contributed by atoms with Gasteiger partial charge in [0.1, 0.15) is 12.1 Å². The molecule has 1 unspecified atom stereocenters. The molecule has 2 saturated carbocycles. The Morgan fingerprint density at radius 3 is 2.11 bits per heavy atom. The number of piperidine rings is 1. The van der Waals surface area contributed by atoms with Crippen LogP contribution in [0.15, 0.2) is 0 Å². The van der Waals surface area contributed by atoms with Gasteiger partial charge in [-0.1, -0.05) is 68.2 Å². The van der Waals surface area contributed by atoms with Gasteiger partial charge < -0.3 is 31.5 Å². The van der Waals surface area contributed by atoms with Crippen molar-refractivity contribution in [2.75, 3.05) is 26.7 Å². The summed E-state index contributed by atoms with van der Waals surface area (Å²) in [5, 5.41) is 8.15. The van der Waals surface area contributed by atoms with E-state index in [1.807, 2.05) is 55.4 Å². The van der Waals surface area contributed by atoms with Crippen molar-refractivity contribution in [2.45, 2.75) is 98.8 Å². The Balaban J connectivity index is 1.55. The first-order valence-electron chi connectivity index (χ1n) is 16.1. The van der Waals surface area contributed by atoms with Crippen molar-refractivity contribution in [3.63, 3.8) is 0 Å². The first kappa shape index (κ1) is 35.1. The number of ketones is 1. The highest BCUT2D eigenvalue weighted by molar-refractivity contribution is 6.37. The SMILES string of the molecule is CN(C(=O)N[C@H](C(=O)N1C[C@H]2[C@@H]([C@H]1C(=O)NC(CC1CC1)C(=O)C(N)=O)C2(C)C)C(C)(C)C)[C@H](CN1C(=O)CNC1=O)C(C)(C)C. The third-order valence-corrected chi connectivity index (χ3v) is 10.4. The Morgan fingerprint density at radius 2 is 1.63 bits per heavy atom. The van der Waals surface area contributed by atoms with Crippen molar-refractivity contribution in [1.29, 1.82) is 0 Å². The van der Waals surface area contributed by atoms with Gasteiger partial charge in [-0.25, -0.2) is 9.59 Å². The number of imide groups is 1. The third kappa shape index (κ3) is 7.00. The molecule has 2 aliphatic heterocycles. The molecule has 5 N–H and O–H groups in total. The lowest BCUT2D eigenvalue weighted by atomic mass is 9.84. The van der Waals surface area contributed by atoms with Crippen molar-refractivity contribution in [3.8, 4) is 0 Å². The van der Waals surface area contributed by atoms with Crippen LogP contribution >= 0.6 is 0 Å². The standard InChI is InChI=1S/C32H51N7O7/c1-30(2,3)19(15-38-20(40)13-34-28(38)45)37(9)29(46)36-24(31(4,5)6)27(44)39-14-17-21(32(17,7)8)22(39)26(43)35-18(12-16-10-11-16)23(41)25(33)42/h16-19,21-22,24H,10-15H2,1-9H3,(H2,33,42)(H,34,45)(H,35,43)(H,36,46)/t17-,18?,19+,21-,22-,24+/m0/s1. The Bertz CT molecular complexity index is 1300. The average molecular weight is 646 g/mol. The Kier molecular flexibility index (Phi) is 9.28. The molecule has 0 bridgehead atoms.